The van der Waals surface area contributed by atoms with Gasteiger partial charge in [-0.15, -0.1) is 0 Å². The molecule has 0 radical (unpaired) electrons. The maximum atomic E-state index is 12.7. The fourth-order valence-electron chi connectivity index (χ4n) is 3.64. The molecule has 1 aliphatic rings. The number of nitrogen functional groups attached to an aromatic ring is 1. The summed E-state index contributed by atoms with van der Waals surface area (Å²) in [6.07, 6.45) is 0.283. The Hall–Kier alpha value is -3.48. The smallest absolute Gasteiger partial charge is 0.327 e. The minimum Gasteiger partial charge on any atom is -0.480 e. The Morgan fingerprint density at radius 1 is 1.14 bits per heavy atom. The average Bonchev–Trinajstić information content (AvgIpc) is 2.70. The summed E-state index contributed by atoms with van der Waals surface area (Å²) in [6.45, 7) is 1.88. The molecule has 7 nitrogen and oxygen atoms in total. The molecular weight excluding hydrogens is 370 g/mol. The SMILES string of the molecule is C[C@@H](CC(=O)N1C(=O)[C@H](Cc2ccc(C(=N)N)cc2)[C@H]1C(=O)O)c1ccccc1. The molecule has 1 heterocycles. The zero-order valence-electron chi connectivity index (χ0n) is 16.0. The molecule has 3 atom stereocenters. The van der Waals surface area contributed by atoms with Crippen LogP contribution in [0.4, 0.5) is 0 Å². The van der Waals surface area contributed by atoms with Crippen molar-refractivity contribution >= 4 is 23.6 Å². The second-order valence-corrected chi connectivity index (χ2v) is 7.32. The van der Waals surface area contributed by atoms with Crippen molar-refractivity contribution in [1.82, 2.24) is 4.90 Å². The van der Waals surface area contributed by atoms with Crippen LogP contribution in [0.1, 0.15) is 36.0 Å². The molecule has 4 N–H and O–H groups in total. The third kappa shape index (κ3) is 4.18. The number of nitrogens with zero attached hydrogens (tertiary/aromatic N) is 1. The molecule has 2 aromatic rings. The highest BCUT2D eigenvalue weighted by molar-refractivity contribution is 6.08. The molecule has 29 heavy (non-hydrogen) atoms. The van der Waals surface area contributed by atoms with Crippen molar-refractivity contribution in [2.24, 2.45) is 11.7 Å². The summed E-state index contributed by atoms with van der Waals surface area (Å²) in [7, 11) is 0. The number of amides is 2. The molecule has 0 unspecified atom stereocenters. The summed E-state index contributed by atoms with van der Waals surface area (Å²) in [5, 5.41) is 17.0. The molecule has 3 rings (SSSR count). The van der Waals surface area contributed by atoms with Crippen LogP contribution in [-0.2, 0) is 20.8 Å². The first-order chi connectivity index (χ1) is 13.8. The molecule has 0 bridgehead atoms. The first kappa shape index (κ1) is 20.3. The first-order valence-electron chi connectivity index (χ1n) is 9.36. The summed E-state index contributed by atoms with van der Waals surface area (Å²) in [5.41, 5.74) is 7.69. The Kier molecular flexibility index (Phi) is 5.77. The second kappa shape index (κ2) is 8.26. The van der Waals surface area contributed by atoms with E-state index in [2.05, 4.69) is 0 Å². The third-order valence-electron chi connectivity index (χ3n) is 5.31. The van der Waals surface area contributed by atoms with Gasteiger partial charge < -0.3 is 10.8 Å². The monoisotopic (exact) mass is 393 g/mol. The number of likely N-dealkylation sites (tertiary alicyclic amines) is 1. The molecule has 0 saturated carbocycles. The van der Waals surface area contributed by atoms with E-state index in [4.69, 9.17) is 11.1 Å². The number of carbonyl (C=O) groups is 3. The van der Waals surface area contributed by atoms with E-state index >= 15 is 0 Å². The van der Waals surface area contributed by atoms with Crippen molar-refractivity contribution in [1.29, 1.82) is 5.41 Å². The normalized spacial score (nSPS) is 19.3. The summed E-state index contributed by atoms with van der Waals surface area (Å²) in [4.78, 5) is 37.9. The van der Waals surface area contributed by atoms with E-state index < -0.39 is 29.7 Å². The number of nitrogens with one attached hydrogen (secondary N) is 1. The summed E-state index contributed by atoms with van der Waals surface area (Å²) < 4.78 is 0. The predicted octanol–water partition coefficient (Wildman–Crippen LogP) is 2.15. The minimum atomic E-state index is -1.18. The maximum absolute atomic E-state index is 12.7. The Morgan fingerprint density at radius 2 is 1.76 bits per heavy atom. The predicted molar refractivity (Wildman–Crippen MR) is 107 cm³/mol. The number of carboxylic acids is 1. The zero-order valence-corrected chi connectivity index (χ0v) is 16.0. The van der Waals surface area contributed by atoms with Gasteiger partial charge in [0.1, 0.15) is 11.9 Å². The van der Waals surface area contributed by atoms with Gasteiger partial charge in [0.2, 0.25) is 11.8 Å². The van der Waals surface area contributed by atoms with Crippen LogP contribution in [0.25, 0.3) is 0 Å². The van der Waals surface area contributed by atoms with E-state index in [1.807, 2.05) is 37.3 Å². The number of hydrogen-bond donors (Lipinski definition) is 3. The standard InChI is InChI=1S/C22H23N3O4/c1-13(15-5-3-2-4-6-15)11-18(26)25-19(22(28)29)17(21(25)27)12-14-7-9-16(10-8-14)20(23)24/h2-10,13,17,19H,11-12H2,1H3,(H3,23,24)(H,28,29)/t13-,17+,19-/m0/s1. The van der Waals surface area contributed by atoms with Crippen molar-refractivity contribution in [2.45, 2.75) is 31.7 Å². The Labute approximate surface area is 168 Å². The lowest BCUT2D eigenvalue weighted by molar-refractivity contribution is -0.177. The molecule has 1 saturated heterocycles. The Morgan fingerprint density at radius 3 is 2.31 bits per heavy atom. The maximum Gasteiger partial charge on any atom is 0.327 e. The van der Waals surface area contributed by atoms with E-state index in [0.717, 1.165) is 16.0 Å². The van der Waals surface area contributed by atoms with Crippen molar-refractivity contribution < 1.29 is 19.5 Å². The number of carbonyl (C=O) groups excluding carboxylic acids is 2. The average molecular weight is 393 g/mol. The largest absolute Gasteiger partial charge is 0.480 e. The molecule has 2 amide bonds. The fourth-order valence-corrected chi connectivity index (χ4v) is 3.64. The lowest BCUT2D eigenvalue weighted by atomic mass is 9.81. The number of hydrogen-bond acceptors (Lipinski definition) is 4. The van der Waals surface area contributed by atoms with Crippen LogP contribution in [-0.4, -0.2) is 39.7 Å². The van der Waals surface area contributed by atoms with Gasteiger partial charge in [0, 0.05) is 12.0 Å². The number of benzene rings is 2. The van der Waals surface area contributed by atoms with Crippen LogP contribution >= 0.6 is 0 Å². The number of aliphatic carboxylic acids is 1. The van der Waals surface area contributed by atoms with Crippen LogP contribution < -0.4 is 5.73 Å². The quantitative estimate of drug-likeness (QED) is 0.378. The van der Waals surface area contributed by atoms with Crippen molar-refractivity contribution in [3.05, 3.63) is 71.3 Å². The molecule has 2 aromatic carbocycles. The molecule has 7 heteroatoms. The topological polar surface area (TPSA) is 125 Å². The van der Waals surface area contributed by atoms with E-state index in [1.54, 1.807) is 24.3 Å². The first-order valence-corrected chi connectivity index (χ1v) is 9.36. The van der Waals surface area contributed by atoms with Crippen molar-refractivity contribution in [2.75, 3.05) is 0 Å². The number of carboxylic acid groups (broad SMARTS) is 1. The Balaban J connectivity index is 1.69. The van der Waals surface area contributed by atoms with Gasteiger partial charge in [-0.1, -0.05) is 61.5 Å². The van der Waals surface area contributed by atoms with Crippen LogP contribution in [0.15, 0.2) is 54.6 Å². The van der Waals surface area contributed by atoms with Crippen LogP contribution in [0.3, 0.4) is 0 Å². The zero-order chi connectivity index (χ0) is 21.1. The van der Waals surface area contributed by atoms with Gasteiger partial charge in [-0.05, 0) is 23.5 Å². The van der Waals surface area contributed by atoms with Gasteiger partial charge in [-0.3, -0.25) is 19.9 Å². The van der Waals surface area contributed by atoms with Crippen molar-refractivity contribution in [3.8, 4) is 0 Å². The number of nitrogens with two attached hydrogens (primary N) is 1. The lowest BCUT2D eigenvalue weighted by Gasteiger charge is -2.43. The summed E-state index contributed by atoms with van der Waals surface area (Å²) in [5.74, 6) is -3.09. The fraction of sp³-hybridized carbons (Fsp3) is 0.273. The number of imide groups is 1. The highest BCUT2D eigenvalue weighted by Gasteiger charge is 2.54. The minimum absolute atomic E-state index is 0.0657. The highest BCUT2D eigenvalue weighted by atomic mass is 16.4. The number of β-lactam (4-membered cyclic amide) rings is 1. The molecule has 1 fully saturated rings. The Bertz CT molecular complexity index is 940. The van der Waals surface area contributed by atoms with Gasteiger partial charge in [-0.25, -0.2) is 4.79 Å². The lowest BCUT2D eigenvalue weighted by Crippen LogP contribution is -2.66. The van der Waals surface area contributed by atoms with Gasteiger partial charge in [0.05, 0.1) is 5.92 Å². The molecular formula is C22H23N3O4. The molecule has 0 spiro atoms. The van der Waals surface area contributed by atoms with E-state index in [9.17, 15) is 19.5 Å². The number of amidine groups is 1. The van der Waals surface area contributed by atoms with Crippen LogP contribution in [0.5, 0.6) is 0 Å². The van der Waals surface area contributed by atoms with E-state index in [1.165, 1.54) is 0 Å². The molecule has 0 aromatic heterocycles. The third-order valence-corrected chi connectivity index (χ3v) is 5.31. The van der Waals surface area contributed by atoms with Crippen LogP contribution in [0, 0.1) is 11.3 Å². The van der Waals surface area contributed by atoms with Gasteiger partial charge in [-0.2, -0.15) is 0 Å². The molecule has 1 aliphatic heterocycles. The molecule has 150 valence electrons. The van der Waals surface area contributed by atoms with Gasteiger partial charge in [0.25, 0.3) is 0 Å². The van der Waals surface area contributed by atoms with Gasteiger partial charge >= 0.3 is 5.97 Å². The van der Waals surface area contributed by atoms with Crippen molar-refractivity contribution in [3.63, 3.8) is 0 Å². The molecule has 0 aliphatic carbocycles. The second-order valence-electron chi connectivity index (χ2n) is 7.32. The van der Waals surface area contributed by atoms with E-state index in [-0.39, 0.29) is 24.6 Å². The summed E-state index contributed by atoms with van der Waals surface area (Å²) in [6, 6.07) is 15.0. The van der Waals surface area contributed by atoms with Gasteiger partial charge in [0.15, 0.2) is 0 Å². The summed E-state index contributed by atoms with van der Waals surface area (Å²) >= 11 is 0. The van der Waals surface area contributed by atoms with Crippen LogP contribution in [0.2, 0.25) is 0 Å². The highest BCUT2D eigenvalue weighted by Crippen LogP contribution is 2.32. The van der Waals surface area contributed by atoms with E-state index in [0.29, 0.717) is 5.56 Å². The number of rotatable bonds is 7.